The van der Waals surface area contributed by atoms with E-state index in [1.165, 1.54) is 12.7 Å². The van der Waals surface area contributed by atoms with Gasteiger partial charge in [0.25, 0.3) is 0 Å². The number of carbonyl (C=O) groups is 1. The predicted molar refractivity (Wildman–Crippen MR) is 74.1 cm³/mol. The van der Waals surface area contributed by atoms with E-state index in [0.29, 0.717) is 11.5 Å². The second-order valence-corrected chi connectivity index (χ2v) is 5.41. The highest BCUT2D eigenvalue weighted by Crippen LogP contribution is 2.28. The lowest BCUT2D eigenvalue weighted by Gasteiger charge is -2.25. The van der Waals surface area contributed by atoms with Crippen LogP contribution in [0.15, 0.2) is 24.3 Å². The lowest BCUT2D eigenvalue weighted by Crippen LogP contribution is -2.18. The van der Waals surface area contributed by atoms with Gasteiger partial charge in [-0.25, -0.2) is 4.79 Å². The van der Waals surface area contributed by atoms with Crippen molar-refractivity contribution in [1.82, 2.24) is 0 Å². The Kier molecular flexibility index (Phi) is 4.97. The zero-order valence-corrected chi connectivity index (χ0v) is 11.5. The van der Waals surface area contributed by atoms with E-state index in [0.717, 1.165) is 38.5 Å². The van der Waals surface area contributed by atoms with E-state index in [1.807, 2.05) is 12.1 Å². The second-order valence-electron chi connectivity index (χ2n) is 5.41. The smallest absolute Gasteiger partial charge is 0.337 e. The molecule has 0 saturated heterocycles. The van der Waals surface area contributed by atoms with E-state index in [-0.39, 0.29) is 12.1 Å². The van der Waals surface area contributed by atoms with Gasteiger partial charge in [-0.3, -0.25) is 0 Å². The van der Waals surface area contributed by atoms with Crippen LogP contribution in [-0.2, 0) is 11.2 Å². The van der Waals surface area contributed by atoms with Crippen molar-refractivity contribution in [2.75, 3.05) is 7.11 Å². The number of hydrogen-bond donors (Lipinski definition) is 1. The van der Waals surface area contributed by atoms with Crippen LogP contribution in [0.5, 0.6) is 0 Å². The number of aliphatic hydroxyl groups is 1. The van der Waals surface area contributed by atoms with Crippen LogP contribution < -0.4 is 0 Å². The number of benzene rings is 1. The third-order valence-electron chi connectivity index (χ3n) is 4.01. The minimum absolute atomic E-state index is 0.0843. The maximum atomic E-state index is 11.5. The fourth-order valence-electron chi connectivity index (χ4n) is 2.78. The number of carbonyl (C=O) groups excluding carboxylic acids is 1. The molecule has 2 rings (SSSR count). The molecule has 0 heterocycles. The van der Waals surface area contributed by atoms with Gasteiger partial charge in [-0.15, -0.1) is 0 Å². The summed E-state index contributed by atoms with van der Waals surface area (Å²) in [6.07, 6.45) is 6.16. The van der Waals surface area contributed by atoms with E-state index in [9.17, 15) is 9.90 Å². The van der Waals surface area contributed by atoms with Crippen molar-refractivity contribution in [3.8, 4) is 0 Å². The predicted octanol–water partition coefficient (Wildman–Crippen LogP) is 2.96. The van der Waals surface area contributed by atoms with E-state index in [1.54, 1.807) is 6.07 Å². The molecule has 0 bridgehead atoms. The highest BCUT2D eigenvalue weighted by molar-refractivity contribution is 5.89. The molecule has 1 saturated carbocycles. The molecule has 0 radical (unpaired) electrons. The van der Waals surface area contributed by atoms with E-state index in [4.69, 9.17) is 4.74 Å². The normalized spacial score (nSPS) is 23.1. The Bertz CT molecular complexity index is 420. The summed E-state index contributed by atoms with van der Waals surface area (Å²) in [6, 6.07) is 7.67. The Morgan fingerprint density at radius 2 is 2.05 bits per heavy atom. The van der Waals surface area contributed by atoms with E-state index in [2.05, 4.69) is 6.07 Å². The molecule has 1 fully saturated rings. The van der Waals surface area contributed by atoms with Gasteiger partial charge in [0.2, 0.25) is 0 Å². The first-order chi connectivity index (χ1) is 9.19. The summed E-state index contributed by atoms with van der Waals surface area (Å²) < 4.78 is 4.73. The van der Waals surface area contributed by atoms with Gasteiger partial charge < -0.3 is 9.84 Å². The maximum absolute atomic E-state index is 11.5. The quantitative estimate of drug-likeness (QED) is 0.849. The Morgan fingerprint density at radius 1 is 1.32 bits per heavy atom. The third-order valence-corrected chi connectivity index (χ3v) is 4.01. The van der Waals surface area contributed by atoms with Gasteiger partial charge in [0.05, 0.1) is 18.8 Å². The molecule has 0 amide bonds. The summed E-state index contributed by atoms with van der Waals surface area (Å²) in [5, 5.41) is 9.49. The molecule has 0 aliphatic heterocycles. The van der Waals surface area contributed by atoms with Crippen LogP contribution in [-0.4, -0.2) is 24.3 Å². The number of rotatable bonds is 4. The molecule has 0 unspecified atom stereocenters. The fraction of sp³-hybridized carbons (Fsp3) is 0.562. The van der Waals surface area contributed by atoms with E-state index < -0.39 is 0 Å². The maximum Gasteiger partial charge on any atom is 0.337 e. The van der Waals surface area contributed by atoms with Crippen molar-refractivity contribution in [3.05, 3.63) is 35.4 Å². The number of aryl methyl sites for hydroxylation is 1. The average molecular weight is 262 g/mol. The molecule has 1 aromatic rings. The van der Waals surface area contributed by atoms with Crippen LogP contribution in [0.1, 0.15) is 48.0 Å². The highest BCUT2D eigenvalue weighted by atomic mass is 16.5. The van der Waals surface area contributed by atoms with Gasteiger partial charge in [0.15, 0.2) is 0 Å². The lowest BCUT2D eigenvalue weighted by atomic mass is 9.84. The molecule has 19 heavy (non-hydrogen) atoms. The fourth-order valence-corrected chi connectivity index (χ4v) is 2.78. The van der Waals surface area contributed by atoms with E-state index >= 15 is 0 Å². The number of methoxy groups -OCH3 is 1. The van der Waals surface area contributed by atoms with Gasteiger partial charge in [-0.2, -0.15) is 0 Å². The van der Waals surface area contributed by atoms with Crippen molar-refractivity contribution in [2.45, 2.75) is 44.6 Å². The molecule has 1 aliphatic carbocycles. The zero-order chi connectivity index (χ0) is 13.7. The molecule has 3 heteroatoms. The van der Waals surface area contributed by atoms with Crippen molar-refractivity contribution >= 4 is 5.97 Å². The molecular weight excluding hydrogens is 240 g/mol. The first-order valence-electron chi connectivity index (χ1n) is 7.04. The van der Waals surface area contributed by atoms with Crippen molar-refractivity contribution in [2.24, 2.45) is 5.92 Å². The number of aliphatic hydroxyl groups excluding tert-OH is 1. The highest BCUT2D eigenvalue weighted by Gasteiger charge is 2.19. The van der Waals surface area contributed by atoms with Crippen LogP contribution in [0, 0.1) is 5.92 Å². The van der Waals surface area contributed by atoms with Crippen LogP contribution in [0.25, 0.3) is 0 Å². The van der Waals surface area contributed by atoms with Crippen molar-refractivity contribution < 1.29 is 14.6 Å². The lowest BCUT2D eigenvalue weighted by molar-refractivity contribution is 0.0600. The second kappa shape index (κ2) is 6.71. The van der Waals surface area contributed by atoms with Gasteiger partial charge >= 0.3 is 5.97 Å². The van der Waals surface area contributed by atoms with Crippen LogP contribution >= 0.6 is 0 Å². The van der Waals surface area contributed by atoms with Crippen molar-refractivity contribution in [1.29, 1.82) is 0 Å². The minimum Gasteiger partial charge on any atom is -0.465 e. The summed E-state index contributed by atoms with van der Waals surface area (Å²) in [5.74, 6) is 0.438. The van der Waals surface area contributed by atoms with Crippen molar-refractivity contribution in [3.63, 3.8) is 0 Å². The van der Waals surface area contributed by atoms with Crippen LogP contribution in [0.4, 0.5) is 0 Å². The molecule has 3 nitrogen and oxygen atoms in total. The first kappa shape index (κ1) is 14.1. The minimum atomic E-state index is -0.275. The molecular formula is C16H22O3. The Hall–Kier alpha value is -1.35. The largest absolute Gasteiger partial charge is 0.465 e. The molecule has 1 aliphatic rings. The monoisotopic (exact) mass is 262 g/mol. The van der Waals surface area contributed by atoms with Gasteiger partial charge in [0, 0.05) is 0 Å². The van der Waals surface area contributed by atoms with Crippen LogP contribution in [0.2, 0.25) is 0 Å². The number of ether oxygens (including phenoxy) is 1. The summed E-state index contributed by atoms with van der Waals surface area (Å²) in [6.45, 7) is 0. The molecule has 0 aromatic heterocycles. The molecule has 0 spiro atoms. The molecule has 1 N–H and O–H groups in total. The summed E-state index contributed by atoms with van der Waals surface area (Å²) in [4.78, 5) is 11.5. The Balaban J connectivity index is 1.87. The van der Waals surface area contributed by atoms with Gasteiger partial charge in [-0.05, 0) is 62.1 Å². The standard InChI is InChI=1S/C16H22O3/c1-19-16(18)14-4-2-3-13(11-14)6-5-12-7-9-15(17)10-8-12/h2-4,11-12,15,17H,5-10H2,1H3. The SMILES string of the molecule is COC(=O)c1cccc(CCC2CCC(O)CC2)c1. The number of esters is 1. The first-order valence-corrected chi connectivity index (χ1v) is 7.04. The van der Waals surface area contributed by atoms with Gasteiger partial charge in [-0.1, -0.05) is 12.1 Å². The Labute approximate surface area is 114 Å². The molecule has 104 valence electrons. The zero-order valence-electron chi connectivity index (χ0n) is 11.5. The third kappa shape index (κ3) is 4.06. The number of hydrogen-bond acceptors (Lipinski definition) is 3. The molecule has 0 atom stereocenters. The summed E-state index contributed by atoms with van der Waals surface area (Å²) in [7, 11) is 1.41. The Morgan fingerprint density at radius 3 is 2.74 bits per heavy atom. The van der Waals surface area contributed by atoms with Gasteiger partial charge in [0.1, 0.15) is 0 Å². The van der Waals surface area contributed by atoms with Crippen LogP contribution in [0.3, 0.4) is 0 Å². The molecule has 1 aromatic carbocycles. The topological polar surface area (TPSA) is 46.5 Å². The average Bonchev–Trinajstić information content (AvgIpc) is 2.46. The summed E-state index contributed by atoms with van der Waals surface area (Å²) in [5.41, 5.74) is 1.81. The summed E-state index contributed by atoms with van der Waals surface area (Å²) >= 11 is 0.